The molecule has 0 aromatic carbocycles. The molecule has 4 N–H and O–H groups in total. The first-order chi connectivity index (χ1) is 8.09. The molecular weight excluding hydrogens is 216 g/mol. The molecule has 1 aromatic heterocycles. The van der Waals surface area contributed by atoms with Crippen molar-refractivity contribution in [3.63, 3.8) is 0 Å². The van der Waals surface area contributed by atoms with Crippen LogP contribution in [-0.2, 0) is 4.79 Å². The van der Waals surface area contributed by atoms with Gasteiger partial charge in [0.25, 0.3) is 0 Å². The standard InChI is InChI=1S/C12H18N4O/c1-8-2-3-9(12(14)17)7-16(8)11-4-5-15-6-10(11)13/h4-6,8-9H,2-3,7,13H2,1H3,(H2,14,17). The third kappa shape index (κ3) is 2.33. The van der Waals surface area contributed by atoms with E-state index in [1.54, 1.807) is 12.4 Å². The normalized spacial score (nSPS) is 24.6. The molecule has 5 nitrogen and oxygen atoms in total. The van der Waals surface area contributed by atoms with Gasteiger partial charge in [-0.25, -0.2) is 0 Å². The van der Waals surface area contributed by atoms with Gasteiger partial charge in [-0.05, 0) is 25.8 Å². The van der Waals surface area contributed by atoms with E-state index in [2.05, 4.69) is 16.8 Å². The molecule has 2 unspecified atom stereocenters. The number of carbonyl (C=O) groups is 1. The van der Waals surface area contributed by atoms with E-state index in [1.165, 1.54) is 0 Å². The third-order valence-corrected chi connectivity index (χ3v) is 3.42. The molecule has 17 heavy (non-hydrogen) atoms. The van der Waals surface area contributed by atoms with Crippen molar-refractivity contribution in [3.05, 3.63) is 18.5 Å². The molecule has 0 spiro atoms. The van der Waals surface area contributed by atoms with Crippen molar-refractivity contribution in [3.8, 4) is 0 Å². The molecule has 1 fully saturated rings. The fourth-order valence-electron chi connectivity index (χ4n) is 2.34. The lowest BCUT2D eigenvalue weighted by atomic mass is 9.92. The van der Waals surface area contributed by atoms with E-state index in [0.717, 1.165) is 18.5 Å². The molecule has 1 amide bonds. The number of carbonyl (C=O) groups excluding carboxylic acids is 1. The van der Waals surface area contributed by atoms with E-state index < -0.39 is 0 Å². The quantitative estimate of drug-likeness (QED) is 0.791. The van der Waals surface area contributed by atoms with Crippen molar-refractivity contribution in [2.45, 2.75) is 25.8 Å². The van der Waals surface area contributed by atoms with Crippen LogP contribution in [-0.4, -0.2) is 23.5 Å². The zero-order chi connectivity index (χ0) is 12.4. The minimum absolute atomic E-state index is 0.0845. The molecule has 2 rings (SSSR count). The van der Waals surface area contributed by atoms with Gasteiger partial charge in [0.05, 0.1) is 23.5 Å². The van der Waals surface area contributed by atoms with Gasteiger partial charge in [-0.1, -0.05) is 0 Å². The van der Waals surface area contributed by atoms with Gasteiger partial charge in [-0.15, -0.1) is 0 Å². The molecule has 2 atom stereocenters. The molecule has 0 bridgehead atoms. The molecule has 1 saturated heterocycles. The molecule has 92 valence electrons. The van der Waals surface area contributed by atoms with Crippen LogP contribution in [0.2, 0.25) is 0 Å². The predicted octanol–water partition coefficient (Wildman–Crippen LogP) is 0.754. The molecule has 1 aromatic rings. The second kappa shape index (κ2) is 4.61. The Morgan fingerprint density at radius 2 is 2.29 bits per heavy atom. The summed E-state index contributed by atoms with van der Waals surface area (Å²) in [5.74, 6) is -0.312. The van der Waals surface area contributed by atoms with E-state index in [4.69, 9.17) is 11.5 Å². The van der Waals surface area contributed by atoms with Crippen molar-refractivity contribution in [1.82, 2.24) is 4.98 Å². The van der Waals surface area contributed by atoms with Crippen LogP contribution in [0.4, 0.5) is 11.4 Å². The molecule has 0 saturated carbocycles. The second-order valence-corrected chi connectivity index (χ2v) is 4.61. The number of pyridine rings is 1. The van der Waals surface area contributed by atoms with Gasteiger partial charge >= 0.3 is 0 Å². The second-order valence-electron chi connectivity index (χ2n) is 4.61. The Kier molecular flexibility index (Phi) is 3.17. The largest absolute Gasteiger partial charge is 0.396 e. The Balaban J connectivity index is 2.24. The molecule has 2 heterocycles. The molecule has 0 radical (unpaired) electrons. The summed E-state index contributed by atoms with van der Waals surface area (Å²) in [5, 5.41) is 0. The van der Waals surface area contributed by atoms with E-state index in [-0.39, 0.29) is 11.8 Å². The summed E-state index contributed by atoms with van der Waals surface area (Å²) < 4.78 is 0. The number of rotatable bonds is 2. The maximum absolute atomic E-state index is 11.3. The lowest BCUT2D eigenvalue weighted by molar-refractivity contribution is -0.122. The number of amides is 1. The molecule has 1 aliphatic heterocycles. The Bertz CT molecular complexity index is 421. The number of nitrogens with two attached hydrogens (primary N) is 2. The minimum Gasteiger partial charge on any atom is -0.396 e. The van der Waals surface area contributed by atoms with Gasteiger partial charge < -0.3 is 16.4 Å². The Morgan fingerprint density at radius 3 is 2.94 bits per heavy atom. The monoisotopic (exact) mass is 234 g/mol. The average molecular weight is 234 g/mol. The first kappa shape index (κ1) is 11.7. The summed E-state index contributed by atoms with van der Waals surface area (Å²) in [6.45, 7) is 2.78. The number of aromatic nitrogens is 1. The zero-order valence-electron chi connectivity index (χ0n) is 9.97. The number of anilines is 2. The number of nitrogen functional groups attached to an aromatic ring is 1. The van der Waals surface area contributed by atoms with Gasteiger partial charge in [-0.3, -0.25) is 9.78 Å². The maximum Gasteiger partial charge on any atom is 0.222 e. The van der Waals surface area contributed by atoms with Crippen LogP contribution in [0.5, 0.6) is 0 Å². The summed E-state index contributed by atoms with van der Waals surface area (Å²) in [7, 11) is 0. The number of hydrogen-bond acceptors (Lipinski definition) is 4. The highest BCUT2D eigenvalue weighted by Crippen LogP contribution is 2.30. The minimum atomic E-state index is -0.227. The summed E-state index contributed by atoms with van der Waals surface area (Å²) in [6.07, 6.45) is 5.16. The SMILES string of the molecule is CC1CCC(C(N)=O)CN1c1ccncc1N. The zero-order valence-corrected chi connectivity index (χ0v) is 9.97. The fraction of sp³-hybridized carbons (Fsp3) is 0.500. The van der Waals surface area contributed by atoms with Crippen molar-refractivity contribution in [2.24, 2.45) is 11.7 Å². The Labute approximate surface area is 101 Å². The van der Waals surface area contributed by atoms with Gasteiger partial charge in [-0.2, -0.15) is 0 Å². The van der Waals surface area contributed by atoms with Crippen LogP contribution in [0.25, 0.3) is 0 Å². The third-order valence-electron chi connectivity index (χ3n) is 3.42. The summed E-state index contributed by atoms with van der Waals surface area (Å²) >= 11 is 0. The van der Waals surface area contributed by atoms with Gasteiger partial charge in [0.2, 0.25) is 5.91 Å². The first-order valence-electron chi connectivity index (χ1n) is 5.85. The highest BCUT2D eigenvalue weighted by Gasteiger charge is 2.29. The lowest BCUT2D eigenvalue weighted by Gasteiger charge is -2.39. The van der Waals surface area contributed by atoms with E-state index in [1.807, 2.05) is 6.07 Å². The molecule has 1 aliphatic rings. The maximum atomic E-state index is 11.3. The van der Waals surface area contributed by atoms with Crippen molar-refractivity contribution >= 4 is 17.3 Å². The summed E-state index contributed by atoms with van der Waals surface area (Å²) in [6, 6.07) is 2.25. The van der Waals surface area contributed by atoms with Crippen molar-refractivity contribution < 1.29 is 4.79 Å². The number of nitrogens with zero attached hydrogens (tertiary/aromatic N) is 2. The van der Waals surface area contributed by atoms with E-state index in [9.17, 15) is 4.79 Å². The van der Waals surface area contributed by atoms with Gasteiger partial charge in [0.1, 0.15) is 0 Å². The number of hydrogen-bond donors (Lipinski definition) is 2. The summed E-state index contributed by atoms with van der Waals surface area (Å²) in [5.41, 5.74) is 12.9. The highest BCUT2D eigenvalue weighted by molar-refractivity contribution is 5.78. The molecular formula is C12H18N4O. The van der Waals surface area contributed by atoms with E-state index >= 15 is 0 Å². The van der Waals surface area contributed by atoms with Crippen LogP contribution < -0.4 is 16.4 Å². The van der Waals surface area contributed by atoms with Crippen LogP contribution in [0.3, 0.4) is 0 Å². The summed E-state index contributed by atoms with van der Waals surface area (Å²) in [4.78, 5) is 17.4. The topological polar surface area (TPSA) is 85.2 Å². The van der Waals surface area contributed by atoms with Crippen LogP contribution in [0.15, 0.2) is 18.5 Å². The smallest absolute Gasteiger partial charge is 0.222 e. The molecule has 0 aliphatic carbocycles. The lowest BCUT2D eigenvalue weighted by Crippen LogP contribution is -2.46. The Morgan fingerprint density at radius 1 is 1.53 bits per heavy atom. The van der Waals surface area contributed by atoms with Crippen LogP contribution >= 0.6 is 0 Å². The average Bonchev–Trinajstić information content (AvgIpc) is 2.30. The first-order valence-corrected chi connectivity index (χ1v) is 5.85. The van der Waals surface area contributed by atoms with Gasteiger partial charge in [0.15, 0.2) is 0 Å². The predicted molar refractivity (Wildman–Crippen MR) is 67.4 cm³/mol. The van der Waals surface area contributed by atoms with Crippen molar-refractivity contribution in [1.29, 1.82) is 0 Å². The van der Waals surface area contributed by atoms with Crippen molar-refractivity contribution in [2.75, 3.05) is 17.2 Å². The molecule has 5 heteroatoms. The van der Waals surface area contributed by atoms with Crippen LogP contribution in [0.1, 0.15) is 19.8 Å². The van der Waals surface area contributed by atoms with Crippen LogP contribution in [0, 0.1) is 5.92 Å². The van der Waals surface area contributed by atoms with E-state index in [0.29, 0.717) is 18.3 Å². The fourth-order valence-corrected chi connectivity index (χ4v) is 2.34. The number of primary amides is 1. The Hall–Kier alpha value is -1.78. The number of piperidine rings is 1. The highest BCUT2D eigenvalue weighted by atomic mass is 16.1. The van der Waals surface area contributed by atoms with Gasteiger partial charge in [0, 0.05) is 18.8 Å².